The third-order valence-corrected chi connectivity index (χ3v) is 1.83. The van der Waals surface area contributed by atoms with E-state index >= 15 is 0 Å². The van der Waals surface area contributed by atoms with Gasteiger partial charge in [0.2, 0.25) is 5.91 Å². The van der Waals surface area contributed by atoms with E-state index < -0.39 is 0 Å². The average Bonchev–Trinajstić information content (AvgIpc) is 2.09. The van der Waals surface area contributed by atoms with E-state index in [9.17, 15) is 9.90 Å². The van der Waals surface area contributed by atoms with E-state index in [1.54, 1.807) is 18.2 Å². The van der Waals surface area contributed by atoms with E-state index in [4.69, 9.17) is 0 Å². The Morgan fingerprint density at radius 1 is 1.33 bits per heavy atom. The zero-order valence-corrected chi connectivity index (χ0v) is 9.16. The molecule has 1 aromatic carbocycles. The van der Waals surface area contributed by atoms with Crippen LogP contribution < -0.4 is 5.32 Å². The van der Waals surface area contributed by atoms with Gasteiger partial charge in [0, 0.05) is 12.5 Å². The van der Waals surface area contributed by atoms with Gasteiger partial charge in [-0.05, 0) is 26.0 Å². The first-order valence-electron chi connectivity index (χ1n) is 4.75. The molecule has 0 fully saturated rings. The van der Waals surface area contributed by atoms with E-state index in [1.807, 2.05) is 19.9 Å². The molecule has 3 nitrogen and oxygen atoms in total. The molecule has 0 aliphatic carbocycles. The summed E-state index contributed by atoms with van der Waals surface area (Å²) in [5.41, 5.74) is 2.33. The molecule has 1 rings (SSSR count). The molecule has 0 heterocycles. The van der Waals surface area contributed by atoms with E-state index in [2.05, 4.69) is 5.32 Å². The summed E-state index contributed by atoms with van der Waals surface area (Å²) in [7, 11) is 0. The van der Waals surface area contributed by atoms with Crippen LogP contribution in [0, 0.1) is 0 Å². The fraction of sp³-hybridized carbons (Fsp3) is 0.250. The highest BCUT2D eigenvalue weighted by atomic mass is 16.3. The van der Waals surface area contributed by atoms with Crippen LogP contribution in [0.15, 0.2) is 23.8 Å². The molecule has 2 N–H and O–H groups in total. The summed E-state index contributed by atoms with van der Waals surface area (Å²) < 4.78 is 0. The topological polar surface area (TPSA) is 49.3 Å². The highest BCUT2D eigenvalue weighted by Crippen LogP contribution is 2.27. The summed E-state index contributed by atoms with van der Waals surface area (Å²) in [6.45, 7) is 5.31. The Bertz CT molecular complexity index is 404. The first-order chi connectivity index (χ1) is 7.00. The molecule has 1 amide bonds. The van der Waals surface area contributed by atoms with Crippen LogP contribution in [0.5, 0.6) is 5.75 Å². The van der Waals surface area contributed by atoms with Crippen molar-refractivity contribution in [3.8, 4) is 5.75 Å². The van der Waals surface area contributed by atoms with Gasteiger partial charge in [0.1, 0.15) is 5.75 Å². The predicted molar refractivity (Wildman–Crippen MR) is 61.7 cm³/mol. The highest BCUT2D eigenvalue weighted by molar-refractivity contribution is 5.92. The van der Waals surface area contributed by atoms with Gasteiger partial charge >= 0.3 is 0 Å². The van der Waals surface area contributed by atoms with Gasteiger partial charge in [-0.15, -0.1) is 0 Å². The molecular formula is C12H15NO2. The number of carbonyl (C=O) groups is 1. The summed E-state index contributed by atoms with van der Waals surface area (Å²) in [6.07, 6.45) is 1.83. The molecule has 0 spiro atoms. The van der Waals surface area contributed by atoms with Crippen molar-refractivity contribution in [3.05, 3.63) is 29.3 Å². The van der Waals surface area contributed by atoms with Gasteiger partial charge in [-0.1, -0.05) is 17.7 Å². The molecule has 15 heavy (non-hydrogen) atoms. The molecule has 0 bridgehead atoms. The maximum atomic E-state index is 10.9. The summed E-state index contributed by atoms with van der Waals surface area (Å²) in [4.78, 5) is 10.9. The van der Waals surface area contributed by atoms with Crippen molar-refractivity contribution < 1.29 is 9.90 Å². The van der Waals surface area contributed by atoms with E-state index in [-0.39, 0.29) is 11.7 Å². The molecule has 0 saturated heterocycles. The number of benzene rings is 1. The Labute approximate surface area is 89.4 Å². The Kier molecular flexibility index (Phi) is 3.50. The van der Waals surface area contributed by atoms with Crippen molar-refractivity contribution in [3.63, 3.8) is 0 Å². The number of nitrogens with one attached hydrogen (secondary N) is 1. The second kappa shape index (κ2) is 4.64. The molecule has 0 aliphatic heterocycles. The first-order valence-corrected chi connectivity index (χ1v) is 4.75. The number of phenolic OH excluding ortho intramolecular Hbond substituents is 1. The lowest BCUT2D eigenvalue weighted by atomic mass is 10.1. The van der Waals surface area contributed by atoms with Gasteiger partial charge < -0.3 is 10.4 Å². The van der Waals surface area contributed by atoms with Crippen LogP contribution in [0.1, 0.15) is 26.3 Å². The quantitative estimate of drug-likeness (QED) is 0.780. The predicted octanol–water partition coefficient (Wildman–Crippen LogP) is 2.77. The number of aromatic hydroxyl groups is 1. The average molecular weight is 205 g/mol. The molecule has 1 aromatic rings. The van der Waals surface area contributed by atoms with Gasteiger partial charge in [0.05, 0.1) is 5.69 Å². The molecule has 80 valence electrons. The largest absolute Gasteiger partial charge is 0.507 e. The minimum Gasteiger partial charge on any atom is -0.507 e. The third-order valence-electron chi connectivity index (χ3n) is 1.83. The van der Waals surface area contributed by atoms with Crippen LogP contribution in [-0.4, -0.2) is 11.0 Å². The van der Waals surface area contributed by atoms with Gasteiger partial charge in [0.15, 0.2) is 0 Å². The lowest BCUT2D eigenvalue weighted by molar-refractivity contribution is -0.114. The van der Waals surface area contributed by atoms with Crippen molar-refractivity contribution >= 4 is 17.7 Å². The highest BCUT2D eigenvalue weighted by Gasteiger charge is 2.05. The Balaban J connectivity index is 3.20. The van der Waals surface area contributed by atoms with Crippen molar-refractivity contribution in [2.75, 3.05) is 5.32 Å². The SMILES string of the molecule is CC(=O)Nc1cccc(O)c1C=C(C)C. The first kappa shape index (κ1) is 11.3. The molecule has 0 atom stereocenters. The monoisotopic (exact) mass is 205 g/mol. The van der Waals surface area contributed by atoms with Crippen LogP contribution in [0.4, 0.5) is 5.69 Å². The molecule has 0 saturated carbocycles. The molecule has 3 heteroatoms. The molecule has 0 aromatic heterocycles. The fourth-order valence-corrected chi connectivity index (χ4v) is 1.29. The molecule has 0 radical (unpaired) electrons. The van der Waals surface area contributed by atoms with Crippen LogP contribution in [0.2, 0.25) is 0 Å². The maximum absolute atomic E-state index is 10.9. The number of hydrogen-bond donors (Lipinski definition) is 2. The molecule has 0 aliphatic rings. The number of rotatable bonds is 2. The van der Waals surface area contributed by atoms with Crippen molar-refractivity contribution in [1.82, 2.24) is 0 Å². The molecular weight excluding hydrogens is 190 g/mol. The number of allylic oxidation sites excluding steroid dienone is 1. The summed E-state index contributed by atoms with van der Waals surface area (Å²) in [5, 5.41) is 12.3. The Morgan fingerprint density at radius 3 is 2.53 bits per heavy atom. The second-order valence-corrected chi connectivity index (χ2v) is 3.64. The Hall–Kier alpha value is -1.77. The summed E-state index contributed by atoms with van der Waals surface area (Å²) >= 11 is 0. The smallest absolute Gasteiger partial charge is 0.221 e. The lowest BCUT2D eigenvalue weighted by Crippen LogP contribution is -2.06. The molecule has 0 unspecified atom stereocenters. The standard InChI is InChI=1S/C12H15NO2/c1-8(2)7-10-11(13-9(3)14)5-4-6-12(10)15/h4-7,15H,1-3H3,(H,13,14). The van der Waals surface area contributed by atoms with Crippen LogP contribution in [0.25, 0.3) is 6.08 Å². The van der Waals surface area contributed by atoms with Gasteiger partial charge in [-0.3, -0.25) is 4.79 Å². The third kappa shape index (κ3) is 3.13. The zero-order valence-electron chi connectivity index (χ0n) is 9.16. The number of amides is 1. The van der Waals surface area contributed by atoms with Crippen molar-refractivity contribution in [2.24, 2.45) is 0 Å². The fourth-order valence-electron chi connectivity index (χ4n) is 1.29. The van der Waals surface area contributed by atoms with Crippen LogP contribution >= 0.6 is 0 Å². The van der Waals surface area contributed by atoms with Gasteiger partial charge in [-0.2, -0.15) is 0 Å². The van der Waals surface area contributed by atoms with E-state index in [1.165, 1.54) is 6.92 Å². The minimum absolute atomic E-state index is 0.149. The number of hydrogen-bond acceptors (Lipinski definition) is 2. The van der Waals surface area contributed by atoms with E-state index in [0.29, 0.717) is 11.3 Å². The van der Waals surface area contributed by atoms with Crippen molar-refractivity contribution in [2.45, 2.75) is 20.8 Å². The number of carbonyl (C=O) groups excluding carboxylic acids is 1. The van der Waals surface area contributed by atoms with Crippen LogP contribution in [-0.2, 0) is 4.79 Å². The summed E-state index contributed by atoms with van der Waals surface area (Å²) in [6, 6.07) is 5.05. The maximum Gasteiger partial charge on any atom is 0.221 e. The van der Waals surface area contributed by atoms with Gasteiger partial charge in [0.25, 0.3) is 0 Å². The summed E-state index contributed by atoms with van der Waals surface area (Å²) in [5.74, 6) is 0.0199. The van der Waals surface area contributed by atoms with Crippen molar-refractivity contribution in [1.29, 1.82) is 0 Å². The van der Waals surface area contributed by atoms with Crippen LogP contribution in [0.3, 0.4) is 0 Å². The normalized spacial score (nSPS) is 9.53. The zero-order chi connectivity index (χ0) is 11.4. The number of anilines is 1. The second-order valence-electron chi connectivity index (χ2n) is 3.64. The van der Waals surface area contributed by atoms with Gasteiger partial charge in [-0.25, -0.2) is 0 Å². The van der Waals surface area contributed by atoms with E-state index in [0.717, 1.165) is 5.57 Å². The minimum atomic E-state index is -0.149. The Morgan fingerprint density at radius 2 is 2.00 bits per heavy atom. The lowest BCUT2D eigenvalue weighted by Gasteiger charge is -2.08. The number of phenols is 1.